The lowest BCUT2D eigenvalue weighted by molar-refractivity contribution is -0.120. The molecular weight excluding hydrogens is 250 g/mol. The maximum atomic E-state index is 11.9. The Labute approximate surface area is 116 Å². The van der Waals surface area contributed by atoms with Crippen LogP contribution in [0.15, 0.2) is 54.6 Å². The van der Waals surface area contributed by atoms with E-state index in [4.69, 9.17) is 0 Å². The molecule has 1 amide bonds. The van der Waals surface area contributed by atoms with Gasteiger partial charge >= 0.3 is 0 Å². The van der Waals surface area contributed by atoms with Gasteiger partial charge in [0.2, 0.25) is 5.91 Å². The molecule has 4 heteroatoms. The zero-order chi connectivity index (χ0) is 13.8. The van der Waals surface area contributed by atoms with Crippen molar-refractivity contribution in [2.24, 2.45) is 0 Å². The molecule has 0 aliphatic carbocycles. The van der Waals surface area contributed by atoms with Gasteiger partial charge in [0.15, 0.2) is 0 Å². The van der Waals surface area contributed by atoms with E-state index in [2.05, 4.69) is 15.3 Å². The zero-order valence-corrected chi connectivity index (χ0v) is 11.0. The predicted octanol–water partition coefficient (Wildman–Crippen LogP) is 2.42. The van der Waals surface area contributed by atoms with Crippen molar-refractivity contribution in [3.05, 3.63) is 66.0 Å². The van der Waals surface area contributed by atoms with Gasteiger partial charge in [-0.15, -0.1) is 0 Å². The summed E-state index contributed by atoms with van der Waals surface area (Å²) in [6.45, 7) is 0.542. The van der Waals surface area contributed by atoms with Crippen LogP contribution in [0.1, 0.15) is 11.4 Å². The summed E-state index contributed by atoms with van der Waals surface area (Å²) in [5.74, 6) is 0.657. The van der Waals surface area contributed by atoms with Crippen molar-refractivity contribution in [3.63, 3.8) is 0 Å². The van der Waals surface area contributed by atoms with E-state index in [1.165, 1.54) is 0 Å². The molecule has 0 aliphatic heterocycles. The number of nitrogens with zero attached hydrogens (tertiary/aromatic N) is 1. The third-order valence-corrected chi connectivity index (χ3v) is 3.10. The maximum absolute atomic E-state index is 11.9. The standard InChI is InChI=1S/C16H15N3O/c20-16(17-11-12-6-2-1-3-7-12)10-15-18-13-8-4-5-9-14(13)19-15/h1-9H,10-11H2,(H,17,20)(H,18,19). The zero-order valence-electron chi connectivity index (χ0n) is 11.0. The second-order valence-corrected chi connectivity index (χ2v) is 4.64. The van der Waals surface area contributed by atoms with E-state index < -0.39 is 0 Å². The summed E-state index contributed by atoms with van der Waals surface area (Å²) in [5.41, 5.74) is 2.93. The minimum Gasteiger partial charge on any atom is -0.352 e. The van der Waals surface area contributed by atoms with E-state index in [0.717, 1.165) is 16.6 Å². The highest BCUT2D eigenvalue weighted by Crippen LogP contribution is 2.10. The third-order valence-electron chi connectivity index (χ3n) is 3.10. The molecule has 1 aromatic heterocycles. The van der Waals surface area contributed by atoms with Gasteiger partial charge in [-0.2, -0.15) is 0 Å². The number of imidazole rings is 1. The highest BCUT2D eigenvalue weighted by atomic mass is 16.1. The number of fused-ring (bicyclic) bond motifs is 1. The number of hydrogen-bond acceptors (Lipinski definition) is 2. The third kappa shape index (κ3) is 2.85. The molecular formula is C16H15N3O. The average Bonchev–Trinajstić information content (AvgIpc) is 2.88. The normalized spacial score (nSPS) is 10.6. The fourth-order valence-corrected chi connectivity index (χ4v) is 2.10. The molecule has 0 radical (unpaired) electrons. The Morgan fingerprint density at radius 2 is 1.80 bits per heavy atom. The number of rotatable bonds is 4. The minimum atomic E-state index is -0.0343. The molecule has 2 aromatic carbocycles. The summed E-state index contributed by atoms with van der Waals surface area (Å²) in [6.07, 6.45) is 0.265. The highest BCUT2D eigenvalue weighted by molar-refractivity contribution is 5.80. The lowest BCUT2D eigenvalue weighted by Gasteiger charge is -2.03. The number of H-pyrrole nitrogens is 1. The Morgan fingerprint density at radius 1 is 1.05 bits per heavy atom. The van der Waals surface area contributed by atoms with Crippen LogP contribution in [0.4, 0.5) is 0 Å². The largest absolute Gasteiger partial charge is 0.352 e. The van der Waals surface area contributed by atoms with Crippen LogP contribution >= 0.6 is 0 Å². The molecule has 1 heterocycles. The Bertz CT molecular complexity index is 686. The quantitative estimate of drug-likeness (QED) is 0.761. The summed E-state index contributed by atoms with van der Waals surface area (Å²) < 4.78 is 0. The first-order valence-electron chi connectivity index (χ1n) is 6.55. The molecule has 4 nitrogen and oxygen atoms in total. The fraction of sp³-hybridized carbons (Fsp3) is 0.125. The van der Waals surface area contributed by atoms with Gasteiger partial charge in [-0.1, -0.05) is 42.5 Å². The minimum absolute atomic E-state index is 0.0343. The lowest BCUT2D eigenvalue weighted by Crippen LogP contribution is -2.24. The van der Waals surface area contributed by atoms with Gasteiger partial charge in [0.05, 0.1) is 17.5 Å². The van der Waals surface area contributed by atoms with E-state index in [1.54, 1.807) is 0 Å². The number of nitrogens with one attached hydrogen (secondary N) is 2. The highest BCUT2D eigenvalue weighted by Gasteiger charge is 2.07. The molecule has 0 fully saturated rings. The van der Waals surface area contributed by atoms with Crippen molar-refractivity contribution in [2.45, 2.75) is 13.0 Å². The van der Waals surface area contributed by atoms with Crippen molar-refractivity contribution in [2.75, 3.05) is 0 Å². The van der Waals surface area contributed by atoms with Gasteiger partial charge in [0.1, 0.15) is 5.82 Å². The predicted molar refractivity (Wildman–Crippen MR) is 78.1 cm³/mol. The molecule has 0 bridgehead atoms. The smallest absolute Gasteiger partial charge is 0.227 e. The number of aromatic nitrogens is 2. The molecule has 2 N–H and O–H groups in total. The Kier molecular flexibility index (Phi) is 3.46. The maximum Gasteiger partial charge on any atom is 0.227 e. The monoisotopic (exact) mass is 265 g/mol. The molecule has 0 atom stereocenters. The Morgan fingerprint density at radius 3 is 2.60 bits per heavy atom. The van der Waals surface area contributed by atoms with Crippen molar-refractivity contribution < 1.29 is 4.79 Å². The van der Waals surface area contributed by atoms with Gasteiger partial charge in [-0.25, -0.2) is 4.98 Å². The van der Waals surface area contributed by atoms with Crippen LogP contribution in [-0.2, 0) is 17.8 Å². The molecule has 0 saturated carbocycles. The van der Waals surface area contributed by atoms with Crippen molar-refractivity contribution in [1.82, 2.24) is 15.3 Å². The second-order valence-electron chi connectivity index (χ2n) is 4.64. The number of hydrogen-bond donors (Lipinski definition) is 2. The number of carbonyl (C=O) groups is 1. The summed E-state index contributed by atoms with van der Waals surface area (Å²) in [4.78, 5) is 19.4. The van der Waals surface area contributed by atoms with Gasteiger partial charge < -0.3 is 10.3 Å². The number of carbonyl (C=O) groups excluding carboxylic acids is 1. The summed E-state index contributed by atoms with van der Waals surface area (Å²) in [7, 11) is 0. The number of amides is 1. The summed E-state index contributed by atoms with van der Waals surface area (Å²) in [6, 6.07) is 17.6. The molecule has 0 saturated heterocycles. The Balaban J connectivity index is 1.61. The van der Waals surface area contributed by atoms with Crippen molar-refractivity contribution in [3.8, 4) is 0 Å². The lowest BCUT2D eigenvalue weighted by atomic mass is 10.2. The van der Waals surface area contributed by atoms with Gasteiger partial charge in [0, 0.05) is 6.54 Å². The molecule has 0 aliphatic rings. The second kappa shape index (κ2) is 5.57. The van der Waals surface area contributed by atoms with E-state index in [-0.39, 0.29) is 12.3 Å². The van der Waals surface area contributed by atoms with Crippen LogP contribution < -0.4 is 5.32 Å². The van der Waals surface area contributed by atoms with E-state index >= 15 is 0 Å². The fourth-order valence-electron chi connectivity index (χ4n) is 2.10. The molecule has 3 aromatic rings. The number of benzene rings is 2. The first-order chi connectivity index (χ1) is 9.81. The Hall–Kier alpha value is -2.62. The first kappa shape index (κ1) is 12.4. The van der Waals surface area contributed by atoms with Crippen LogP contribution in [0, 0.1) is 0 Å². The molecule has 3 rings (SSSR count). The van der Waals surface area contributed by atoms with E-state index in [9.17, 15) is 4.79 Å². The summed E-state index contributed by atoms with van der Waals surface area (Å²) in [5, 5.41) is 2.89. The van der Waals surface area contributed by atoms with Crippen LogP contribution in [0.3, 0.4) is 0 Å². The van der Waals surface area contributed by atoms with E-state index in [1.807, 2.05) is 54.6 Å². The van der Waals surface area contributed by atoms with Crippen molar-refractivity contribution >= 4 is 16.9 Å². The number of aromatic amines is 1. The van der Waals surface area contributed by atoms with Crippen LogP contribution in [0.2, 0.25) is 0 Å². The van der Waals surface area contributed by atoms with Crippen molar-refractivity contribution in [1.29, 1.82) is 0 Å². The molecule has 20 heavy (non-hydrogen) atoms. The molecule has 0 unspecified atom stereocenters. The average molecular weight is 265 g/mol. The van der Waals surface area contributed by atoms with Crippen LogP contribution in [0.25, 0.3) is 11.0 Å². The first-order valence-corrected chi connectivity index (χ1v) is 6.55. The summed E-state index contributed by atoms with van der Waals surface area (Å²) >= 11 is 0. The van der Waals surface area contributed by atoms with Gasteiger partial charge in [-0.05, 0) is 17.7 Å². The molecule has 100 valence electrons. The number of para-hydroxylation sites is 2. The van der Waals surface area contributed by atoms with Crippen LogP contribution in [0.5, 0.6) is 0 Å². The van der Waals surface area contributed by atoms with Crippen LogP contribution in [-0.4, -0.2) is 15.9 Å². The van der Waals surface area contributed by atoms with E-state index in [0.29, 0.717) is 12.4 Å². The topological polar surface area (TPSA) is 57.8 Å². The molecule has 0 spiro atoms. The SMILES string of the molecule is O=C(Cc1nc2ccccc2[nH]1)NCc1ccccc1. The van der Waals surface area contributed by atoms with Gasteiger partial charge in [-0.3, -0.25) is 4.79 Å². The van der Waals surface area contributed by atoms with Gasteiger partial charge in [0.25, 0.3) is 0 Å².